The number of hydrogen-bond acceptors (Lipinski definition) is 4. The van der Waals surface area contributed by atoms with E-state index >= 15 is 0 Å². The van der Waals surface area contributed by atoms with Gasteiger partial charge < -0.3 is 19.7 Å². The standard InChI is InChI=1S/C22H26FN3O2.ClH/c1-16(17-7-4-3-5-8-17)28-15-20(27)14-25-21(22-24-11-12-26(22)2)18-9-6-10-19(23)13-18;/h3-13,16,20-21,25,27H,14-15H2,1-2H3;1H. The van der Waals surface area contributed by atoms with Crippen molar-refractivity contribution in [2.24, 2.45) is 7.05 Å². The number of aliphatic hydroxyl groups excluding tert-OH is 1. The molecular formula is C22H27ClFN3O2. The lowest BCUT2D eigenvalue weighted by atomic mass is 10.1. The summed E-state index contributed by atoms with van der Waals surface area (Å²) in [5.74, 6) is 0.440. The molecule has 1 heterocycles. The van der Waals surface area contributed by atoms with Crippen molar-refractivity contribution in [2.75, 3.05) is 13.2 Å². The monoisotopic (exact) mass is 419 g/mol. The number of ether oxygens (including phenoxy) is 1. The lowest BCUT2D eigenvalue weighted by molar-refractivity contribution is -0.00266. The first-order chi connectivity index (χ1) is 13.5. The van der Waals surface area contributed by atoms with Gasteiger partial charge >= 0.3 is 0 Å². The molecule has 0 amide bonds. The maximum Gasteiger partial charge on any atom is 0.130 e. The zero-order chi connectivity index (χ0) is 19.9. The number of imidazole rings is 1. The number of hydrogen-bond donors (Lipinski definition) is 2. The smallest absolute Gasteiger partial charge is 0.130 e. The minimum Gasteiger partial charge on any atom is -0.389 e. The van der Waals surface area contributed by atoms with Crippen LogP contribution in [0.4, 0.5) is 4.39 Å². The summed E-state index contributed by atoms with van der Waals surface area (Å²) in [5, 5.41) is 13.7. The minimum absolute atomic E-state index is 0. The Hall–Kier alpha value is -2.25. The second kappa shape index (κ2) is 11.1. The molecule has 2 N–H and O–H groups in total. The Balaban J connectivity index is 0.00000300. The van der Waals surface area contributed by atoms with Gasteiger partial charge in [0.2, 0.25) is 0 Å². The van der Waals surface area contributed by atoms with E-state index in [4.69, 9.17) is 4.74 Å². The topological polar surface area (TPSA) is 59.3 Å². The van der Waals surface area contributed by atoms with Gasteiger partial charge in [0.1, 0.15) is 11.6 Å². The zero-order valence-corrected chi connectivity index (χ0v) is 17.3. The average molecular weight is 420 g/mol. The van der Waals surface area contributed by atoms with Gasteiger partial charge in [0.05, 0.1) is 24.9 Å². The van der Waals surface area contributed by atoms with Crippen LogP contribution < -0.4 is 5.32 Å². The van der Waals surface area contributed by atoms with Crippen molar-refractivity contribution in [3.63, 3.8) is 0 Å². The second-order valence-corrected chi connectivity index (χ2v) is 6.83. The highest BCUT2D eigenvalue weighted by Crippen LogP contribution is 2.21. The fourth-order valence-corrected chi connectivity index (χ4v) is 3.09. The molecule has 0 bridgehead atoms. The van der Waals surface area contributed by atoms with E-state index in [0.29, 0.717) is 0 Å². The van der Waals surface area contributed by atoms with Crippen LogP contribution in [0.2, 0.25) is 0 Å². The molecule has 0 radical (unpaired) electrons. The van der Waals surface area contributed by atoms with Crippen LogP contribution in [0.15, 0.2) is 67.0 Å². The summed E-state index contributed by atoms with van der Waals surface area (Å²) < 4.78 is 21.4. The summed E-state index contributed by atoms with van der Waals surface area (Å²) in [6, 6.07) is 15.9. The molecule has 1 aromatic heterocycles. The van der Waals surface area contributed by atoms with Gasteiger partial charge in [-0.1, -0.05) is 42.5 Å². The third kappa shape index (κ3) is 6.37. The van der Waals surface area contributed by atoms with E-state index in [2.05, 4.69) is 10.3 Å². The Morgan fingerprint density at radius 1 is 1.14 bits per heavy atom. The molecule has 3 rings (SSSR count). The van der Waals surface area contributed by atoms with E-state index < -0.39 is 6.10 Å². The number of aromatic nitrogens is 2. The molecular weight excluding hydrogens is 393 g/mol. The molecule has 7 heteroatoms. The van der Waals surface area contributed by atoms with Crippen molar-refractivity contribution in [3.8, 4) is 0 Å². The van der Waals surface area contributed by atoms with Gasteiger partial charge in [-0.2, -0.15) is 0 Å². The summed E-state index contributed by atoms with van der Waals surface area (Å²) in [7, 11) is 1.89. The molecule has 3 unspecified atom stereocenters. The predicted molar refractivity (Wildman–Crippen MR) is 114 cm³/mol. The summed E-state index contributed by atoms with van der Waals surface area (Å²) in [5.41, 5.74) is 1.81. The van der Waals surface area contributed by atoms with Crippen LogP contribution in [0, 0.1) is 5.82 Å². The number of halogens is 2. The molecule has 156 valence electrons. The van der Waals surface area contributed by atoms with Gasteiger partial charge in [-0.15, -0.1) is 12.4 Å². The molecule has 0 aliphatic rings. The van der Waals surface area contributed by atoms with E-state index in [1.807, 2.05) is 61.1 Å². The molecule has 3 atom stereocenters. The van der Waals surface area contributed by atoms with Crippen LogP contribution in [0.5, 0.6) is 0 Å². The first-order valence-corrected chi connectivity index (χ1v) is 9.35. The van der Waals surface area contributed by atoms with E-state index in [1.165, 1.54) is 12.1 Å². The summed E-state index contributed by atoms with van der Waals surface area (Å²) in [6.45, 7) is 2.44. The van der Waals surface area contributed by atoms with Crippen molar-refractivity contribution in [3.05, 3.63) is 89.8 Å². The van der Waals surface area contributed by atoms with Crippen molar-refractivity contribution < 1.29 is 14.2 Å². The van der Waals surface area contributed by atoms with Crippen molar-refractivity contribution in [2.45, 2.75) is 25.2 Å². The number of nitrogens with one attached hydrogen (secondary N) is 1. The lowest BCUT2D eigenvalue weighted by Gasteiger charge is -2.22. The Labute approximate surface area is 177 Å². The highest BCUT2D eigenvalue weighted by atomic mass is 35.5. The summed E-state index contributed by atoms with van der Waals surface area (Å²) in [6.07, 6.45) is 2.72. The maximum absolute atomic E-state index is 13.7. The average Bonchev–Trinajstić information content (AvgIpc) is 3.13. The molecule has 0 aliphatic heterocycles. The SMILES string of the molecule is CC(OCC(O)CNC(c1cccc(F)c1)c1nccn1C)c1ccccc1.Cl. The third-order valence-corrected chi connectivity index (χ3v) is 4.66. The first-order valence-electron chi connectivity index (χ1n) is 9.35. The number of nitrogens with zero attached hydrogens (tertiary/aromatic N) is 2. The highest BCUT2D eigenvalue weighted by molar-refractivity contribution is 5.85. The quantitative estimate of drug-likeness (QED) is 0.554. The van der Waals surface area contributed by atoms with Crippen LogP contribution >= 0.6 is 12.4 Å². The third-order valence-electron chi connectivity index (χ3n) is 4.66. The van der Waals surface area contributed by atoms with Crippen LogP contribution in [0.25, 0.3) is 0 Å². The molecule has 0 spiro atoms. The van der Waals surface area contributed by atoms with Crippen molar-refractivity contribution in [1.82, 2.24) is 14.9 Å². The molecule has 0 aliphatic carbocycles. The molecule has 0 saturated heterocycles. The Bertz CT molecular complexity index is 875. The fraction of sp³-hybridized carbons (Fsp3) is 0.318. The summed E-state index contributed by atoms with van der Waals surface area (Å²) >= 11 is 0. The van der Waals surface area contributed by atoms with Gasteiger partial charge in [0.15, 0.2) is 0 Å². The van der Waals surface area contributed by atoms with E-state index in [9.17, 15) is 9.50 Å². The minimum atomic E-state index is -0.706. The normalized spacial score (nSPS) is 14.1. The van der Waals surface area contributed by atoms with E-state index in [0.717, 1.165) is 17.0 Å². The van der Waals surface area contributed by atoms with E-state index in [1.54, 1.807) is 12.3 Å². The Kier molecular flexibility index (Phi) is 8.79. The van der Waals surface area contributed by atoms with Crippen LogP contribution in [-0.2, 0) is 11.8 Å². The van der Waals surface area contributed by atoms with E-state index in [-0.39, 0.29) is 43.5 Å². The second-order valence-electron chi connectivity index (χ2n) is 6.83. The number of aryl methyl sites for hydroxylation is 1. The Morgan fingerprint density at radius 3 is 2.52 bits per heavy atom. The van der Waals surface area contributed by atoms with Gasteiger partial charge in [-0.05, 0) is 30.2 Å². The molecule has 3 aromatic rings. The first kappa shape index (κ1) is 23.0. The number of aliphatic hydroxyl groups is 1. The predicted octanol–water partition coefficient (Wildman–Crippen LogP) is 3.80. The van der Waals surface area contributed by atoms with Gasteiger partial charge in [-0.3, -0.25) is 0 Å². The van der Waals surface area contributed by atoms with Gasteiger partial charge in [-0.25, -0.2) is 9.37 Å². The molecule has 2 aromatic carbocycles. The number of rotatable bonds is 9. The van der Waals surface area contributed by atoms with Crippen molar-refractivity contribution >= 4 is 12.4 Å². The molecule has 29 heavy (non-hydrogen) atoms. The van der Waals surface area contributed by atoms with Gasteiger partial charge in [0, 0.05) is 26.0 Å². The van der Waals surface area contributed by atoms with Crippen molar-refractivity contribution in [1.29, 1.82) is 0 Å². The fourth-order valence-electron chi connectivity index (χ4n) is 3.09. The molecule has 5 nitrogen and oxygen atoms in total. The molecule has 0 saturated carbocycles. The molecule has 0 fully saturated rings. The van der Waals surface area contributed by atoms with Crippen LogP contribution in [0.1, 0.15) is 36.0 Å². The Morgan fingerprint density at radius 2 is 1.86 bits per heavy atom. The number of benzene rings is 2. The highest BCUT2D eigenvalue weighted by Gasteiger charge is 2.20. The van der Waals surface area contributed by atoms with Crippen LogP contribution in [0.3, 0.4) is 0 Å². The van der Waals surface area contributed by atoms with Crippen LogP contribution in [-0.4, -0.2) is 33.9 Å². The summed E-state index contributed by atoms with van der Waals surface area (Å²) in [4.78, 5) is 4.38. The maximum atomic E-state index is 13.7. The van der Waals surface area contributed by atoms with Gasteiger partial charge in [0.25, 0.3) is 0 Å². The zero-order valence-electron chi connectivity index (χ0n) is 16.5. The lowest BCUT2D eigenvalue weighted by Crippen LogP contribution is -2.35. The largest absolute Gasteiger partial charge is 0.389 e.